The molecule has 0 aromatic carbocycles. The zero-order chi connectivity index (χ0) is 11.0. The highest BCUT2D eigenvalue weighted by Gasteiger charge is 2.21. The van der Waals surface area contributed by atoms with E-state index in [1.165, 1.54) is 0 Å². The molecule has 0 N–H and O–H groups in total. The molecule has 0 aromatic heterocycles. The molecule has 0 saturated heterocycles. The van der Waals surface area contributed by atoms with Crippen LogP contribution < -0.4 is 0 Å². The second-order valence-corrected chi connectivity index (χ2v) is 5.71. The Balaban J connectivity index is 4.10. The zero-order valence-electron chi connectivity index (χ0n) is 10.2. The van der Waals surface area contributed by atoms with Gasteiger partial charge >= 0.3 is 9.45 Å². The molecule has 86 valence electrons. The fraction of sp³-hybridized carbons (Fsp3) is 1.00. The molecular weight excluding hydrogens is 194 g/mol. The SMILES string of the molecule is CCO[SiH](OCC)N(CC)CC(C)C. The molecule has 0 rings (SSSR count). The summed E-state index contributed by atoms with van der Waals surface area (Å²) in [5.41, 5.74) is 0. The Bertz CT molecular complexity index is 127. The van der Waals surface area contributed by atoms with Gasteiger partial charge in [-0.1, -0.05) is 20.8 Å². The average molecular weight is 219 g/mol. The maximum Gasteiger partial charge on any atom is 0.411 e. The Morgan fingerprint density at radius 2 is 1.57 bits per heavy atom. The Morgan fingerprint density at radius 1 is 1.07 bits per heavy atom. The van der Waals surface area contributed by atoms with E-state index in [4.69, 9.17) is 8.85 Å². The van der Waals surface area contributed by atoms with Crippen molar-refractivity contribution in [2.75, 3.05) is 26.3 Å². The molecule has 0 saturated carbocycles. The van der Waals surface area contributed by atoms with Gasteiger partial charge in [-0.15, -0.1) is 0 Å². The Hall–Kier alpha value is 0.0969. The molecule has 14 heavy (non-hydrogen) atoms. The predicted octanol–water partition coefficient (Wildman–Crippen LogP) is 1.75. The van der Waals surface area contributed by atoms with Crippen LogP contribution in [0.4, 0.5) is 0 Å². The molecule has 3 nitrogen and oxygen atoms in total. The van der Waals surface area contributed by atoms with Crippen molar-refractivity contribution in [1.82, 2.24) is 4.57 Å². The van der Waals surface area contributed by atoms with E-state index in [1.807, 2.05) is 13.8 Å². The first-order chi connectivity index (χ1) is 6.65. The molecule has 0 aliphatic heterocycles. The van der Waals surface area contributed by atoms with Gasteiger partial charge in [0.15, 0.2) is 0 Å². The molecule has 0 aliphatic rings. The Morgan fingerprint density at radius 3 is 1.86 bits per heavy atom. The van der Waals surface area contributed by atoms with E-state index in [0.29, 0.717) is 5.92 Å². The summed E-state index contributed by atoms with van der Waals surface area (Å²) >= 11 is 0. The highest BCUT2D eigenvalue weighted by atomic mass is 28.3. The van der Waals surface area contributed by atoms with E-state index in [-0.39, 0.29) is 0 Å². The van der Waals surface area contributed by atoms with Crippen LogP contribution in [0.1, 0.15) is 34.6 Å². The maximum absolute atomic E-state index is 5.68. The quantitative estimate of drug-likeness (QED) is 0.581. The van der Waals surface area contributed by atoms with E-state index in [9.17, 15) is 0 Å². The summed E-state index contributed by atoms with van der Waals surface area (Å²) in [4.78, 5) is 0. The molecule has 0 aliphatic carbocycles. The third-order valence-corrected chi connectivity index (χ3v) is 4.33. The lowest BCUT2D eigenvalue weighted by Crippen LogP contribution is -2.46. The molecule has 0 spiro atoms. The summed E-state index contributed by atoms with van der Waals surface area (Å²) < 4.78 is 13.7. The van der Waals surface area contributed by atoms with E-state index >= 15 is 0 Å². The van der Waals surface area contributed by atoms with Gasteiger partial charge in [-0.25, -0.2) is 0 Å². The van der Waals surface area contributed by atoms with Crippen LogP contribution in [-0.2, 0) is 8.85 Å². The highest BCUT2D eigenvalue weighted by molar-refractivity contribution is 6.41. The minimum absolute atomic E-state index is 0.672. The first kappa shape index (κ1) is 14.1. The van der Waals surface area contributed by atoms with E-state index in [1.54, 1.807) is 0 Å². The molecule has 0 heterocycles. The second-order valence-electron chi connectivity index (χ2n) is 3.70. The van der Waals surface area contributed by atoms with Crippen molar-refractivity contribution in [1.29, 1.82) is 0 Å². The topological polar surface area (TPSA) is 21.7 Å². The highest BCUT2D eigenvalue weighted by Crippen LogP contribution is 2.04. The lowest BCUT2D eigenvalue weighted by atomic mass is 10.2. The first-order valence-corrected chi connectivity index (χ1v) is 7.08. The third-order valence-electron chi connectivity index (χ3n) is 1.92. The Kier molecular flexibility index (Phi) is 8.47. The molecule has 0 radical (unpaired) electrons. The minimum Gasteiger partial charge on any atom is -0.385 e. The van der Waals surface area contributed by atoms with E-state index < -0.39 is 9.45 Å². The summed E-state index contributed by atoms with van der Waals surface area (Å²) in [7, 11) is -1.57. The van der Waals surface area contributed by atoms with Gasteiger partial charge in [0.05, 0.1) is 0 Å². The van der Waals surface area contributed by atoms with Gasteiger partial charge in [-0.2, -0.15) is 0 Å². The molecular formula is C10H25NO2Si. The van der Waals surface area contributed by atoms with Crippen molar-refractivity contribution in [3.63, 3.8) is 0 Å². The molecule has 0 amide bonds. The fourth-order valence-corrected chi connectivity index (χ4v) is 3.36. The smallest absolute Gasteiger partial charge is 0.385 e. The summed E-state index contributed by atoms with van der Waals surface area (Å²) in [5.74, 6) is 0.672. The van der Waals surface area contributed by atoms with Gasteiger partial charge in [0.2, 0.25) is 0 Å². The minimum atomic E-state index is -1.57. The molecule has 0 unspecified atom stereocenters. The van der Waals surface area contributed by atoms with E-state index in [0.717, 1.165) is 26.3 Å². The van der Waals surface area contributed by atoms with Gasteiger partial charge in [0, 0.05) is 13.2 Å². The number of hydrogen-bond donors (Lipinski definition) is 0. The summed E-state index contributed by atoms with van der Waals surface area (Å²) in [5, 5.41) is 0. The second kappa shape index (κ2) is 8.41. The summed E-state index contributed by atoms with van der Waals surface area (Å²) in [6.07, 6.45) is 0. The standard InChI is InChI=1S/C10H25NO2Si/c1-6-11(9-10(4)5)14(12-7-2)13-8-3/h10,14H,6-9H2,1-5H3. The molecule has 4 heteroatoms. The number of hydrogen-bond acceptors (Lipinski definition) is 3. The van der Waals surface area contributed by atoms with Crippen LogP contribution in [0.3, 0.4) is 0 Å². The largest absolute Gasteiger partial charge is 0.411 e. The van der Waals surface area contributed by atoms with Gasteiger partial charge < -0.3 is 8.85 Å². The molecule has 0 aromatic rings. The first-order valence-electron chi connectivity index (χ1n) is 5.62. The summed E-state index contributed by atoms with van der Waals surface area (Å²) in [6.45, 7) is 14.3. The average Bonchev–Trinajstić information content (AvgIpc) is 2.13. The molecule has 0 atom stereocenters. The van der Waals surface area contributed by atoms with Gasteiger partial charge in [-0.05, 0) is 32.9 Å². The van der Waals surface area contributed by atoms with Crippen molar-refractivity contribution in [3.05, 3.63) is 0 Å². The lowest BCUT2D eigenvalue weighted by molar-refractivity contribution is 0.150. The normalized spacial score (nSPS) is 12.0. The van der Waals surface area contributed by atoms with Crippen molar-refractivity contribution in [2.24, 2.45) is 5.92 Å². The maximum atomic E-state index is 5.68. The van der Waals surface area contributed by atoms with Crippen LogP contribution >= 0.6 is 0 Å². The Labute approximate surface area is 90.3 Å². The van der Waals surface area contributed by atoms with Crippen molar-refractivity contribution < 1.29 is 8.85 Å². The van der Waals surface area contributed by atoms with Gasteiger partial charge in [-0.3, -0.25) is 4.57 Å². The number of rotatable bonds is 8. The van der Waals surface area contributed by atoms with E-state index in [2.05, 4.69) is 25.3 Å². The van der Waals surface area contributed by atoms with Crippen molar-refractivity contribution >= 4 is 9.45 Å². The molecule has 0 bridgehead atoms. The van der Waals surface area contributed by atoms with Crippen LogP contribution in [0.5, 0.6) is 0 Å². The predicted molar refractivity (Wildman–Crippen MR) is 62.5 cm³/mol. The van der Waals surface area contributed by atoms with Crippen LogP contribution in [0, 0.1) is 5.92 Å². The third kappa shape index (κ3) is 5.75. The van der Waals surface area contributed by atoms with Crippen molar-refractivity contribution in [2.45, 2.75) is 34.6 Å². The van der Waals surface area contributed by atoms with Gasteiger partial charge in [0.1, 0.15) is 0 Å². The van der Waals surface area contributed by atoms with Crippen LogP contribution in [0.2, 0.25) is 0 Å². The monoisotopic (exact) mass is 219 g/mol. The van der Waals surface area contributed by atoms with Crippen LogP contribution in [0.25, 0.3) is 0 Å². The van der Waals surface area contributed by atoms with Gasteiger partial charge in [0.25, 0.3) is 0 Å². The zero-order valence-corrected chi connectivity index (χ0v) is 11.4. The molecule has 0 fully saturated rings. The van der Waals surface area contributed by atoms with Crippen LogP contribution in [-0.4, -0.2) is 40.3 Å². The van der Waals surface area contributed by atoms with Crippen molar-refractivity contribution in [3.8, 4) is 0 Å². The lowest BCUT2D eigenvalue weighted by Gasteiger charge is -2.29. The summed E-state index contributed by atoms with van der Waals surface area (Å²) in [6, 6.07) is 0. The fourth-order valence-electron chi connectivity index (χ4n) is 1.38. The van der Waals surface area contributed by atoms with Crippen LogP contribution in [0.15, 0.2) is 0 Å². The number of nitrogens with zero attached hydrogens (tertiary/aromatic N) is 1.